The first-order valence-corrected chi connectivity index (χ1v) is 6.80. The van der Waals surface area contributed by atoms with Gasteiger partial charge in [0.1, 0.15) is 0 Å². The summed E-state index contributed by atoms with van der Waals surface area (Å²) >= 11 is 6.19. The van der Waals surface area contributed by atoms with Crippen molar-refractivity contribution in [2.24, 2.45) is 0 Å². The largest absolute Gasteiger partial charge is 0.379 e. The summed E-state index contributed by atoms with van der Waals surface area (Å²) in [5.74, 6) is 0. The van der Waals surface area contributed by atoms with Gasteiger partial charge in [0.2, 0.25) is 0 Å². The monoisotopic (exact) mass is 283 g/mol. The zero-order valence-corrected chi connectivity index (χ0v) is 11.9. The molecule has 0 saturated carbocycles. The smallest absolute Gasteiger partial charge is 0.0948 e. The third-order valence-electron chi connectivity index (χ3n) is 3.17. The molecule has 0 aliphatic heterocycles. The van der Waals surface area contributed by atoms with Gasteiger partial charge < -0.3 is 5.32 Å². The highest BCUT2D eigenvalue weighted by Gasteiger charge is 2.05. The van der Waals surface area contributed by atoms with E-state index in [1.54, 1.807) is 6.20 Å². The van der Waals surface area contributed by atoms with Crippen LogP contribution in [0.2, 0.25) is 5.02 Å². The van der Waals surface area contributed by atoms with Crippen LogP contribution in [-0.4, -0.2) is 9.97 Å². The maximum absolute atomic E-state index is 6.19. The van der Waals surface area contributed by atoms with Crippen LogP contribution in [0.5, 0.6) is 0 Å². The molecule has 0 spiro atoms. The molecule has 2 heterocycles. The Hall–Kier alpha value is -2.13. The van der Waals surface area contributed by atoms with Crippen molar-refractivity contribution in [1.82, 2.24) is 9.97 Å². The minimum atomic E-state index is 0.709. The van der Waals surface area contributed by atoms with Crippen molar-refractivity contribution < 1.29 is 0 Å². The number of nitrogens with zero attached hydrogens (tertiary/aromatic N) is 2. The molecular formula is C16H14ClN3. The fourth-order valence-corrected chi connectivity index (χ4v) is 2.30. The number of pyridine rings is 2. The van der Waals surface area contributed by atoms with Gasteiger partial charge in [-0.3, -0.25) is 9.97 Å². The first kappa shape index (κ1) is 12.9. The lowest BCUT2D eigenvalue weighted by Gasteiger charge is -2.10. The van der Waals surface area contributed by atoms with E-state index in [2.05, 4.69) is 21.4 Å². The van der Waals surface area contributed by atoms with E-state index in [1.165, 1.54) is 0 Å². The molecule has 3 rings (SSSR count). The predicted octanol–water partition coefficient (Wildman–Crippen LogP) is 4.20. The molecule has 20 heavy (non-hydrogen) atoms. The van der Waals surface area contributed by atoms with E-state index in [9.17, 15) is 0 Å². The third kappa shape index (κ3) is 2.58. The summed E-state index contributed by atoms with van der Waals surface area (Å²) in [7, 11) is 0. The van der Waals surface area contributed by atoms with E-state index in [-0.39, 0.29) is 0 Å². The van der Waals surface area contributed by atoms with Gasteiger partial charge in [0, 0.05) is 30.0 Å². The van der Waals surface area contributed by atoms with Crippen LogP contribution in [0, 0.1) is 6.92 Å². The second-order valence-electron chi connectivity index (χ2n) is 4.66. The number of anilines is 1. The SMILES string of the molecule is Cc1ccc(CNc2ccc(Cl)c3cccnc23)cn1. The van der Waals surface area contributed by atoms with Crippen LogP contribution < -0.4 is 5.32 Å². The number of aromatic nitrogens is 2. The van der Waals surface area contributed by atoms with Crippen molar-refractivity contribution >= 4 is 28.2 Å². The molecule has 100 valence electrons. The van der Waals surface area contributed by atoms with Crippen molar-refractivity contribution in [3.8, 4) is 0 Å². The molecule has 0 bridgehead atoms. The Balaban J connectivity index is 1.88. The van der Waals surface area contributed by atoms with Gasteiger partial charge in [-0.2, -0.15) is 0 Å². The minimum absolute atomic E-state index is 0.709. The Morgan fingerprint density at radius 1 is 1.10 bits per heavy atom. The van der Waals surface area contributed by atoms with Gasteiger partial charge in [0.05, 0.1) is 16.2 Å². The van der Waals surface area contributed by atoms with Crippen LogP contribution in [0.1, 0.15) is 11.3 Å². The van der Waals surface area contributed by atoms with Crippen molar-refractivity contribution in [2.45, 2.75) is 13.5 Å². The summed E-state index contributed by atoms with van der Waals surface area (Å²) < 4.78 is 0. The van der Waals surface area contributed by atoms with E-state index in [0.29, 0.717) is 6.54 Å². The van der Waals surface area contributed by atoms with E-state index >= 15 is 0 Å². The molecule has 2 aromatic heterocycles. The number of fused-ring (bicyclic) bond motifs is 1. The molecule has 1 N–H and O–H groups in total. The molecule has 1 aromatic carbocycles. The van der Waals surface area contributed by atoms with Gasteiger partial charge >= 0.3 is 0 Å². The van der Waals surface area contributed by atoms with Crippen molar-refractivity contribution in [2.75, 3.05) is 5.32 Å². The first-order valence-electron chi connectivity index (χ1n) is 6.43. The molecular weight excluding hydrogens is 270 g/mol. The van der Waals surface area contributed by atoms with Crippen LogP contribution in [0.3, 0.4) is 0 Å². The average Bonchev–Trinajstić information content (AvgIpc) is 2.49. The highest BCUT2D eigenvalue weighted by Crippen LogP contribution is 2.28. The van der Waals surface area contributed by atoms with Crippen LogP contribution in [-0.2, 0) is 6.54 Å². The van der Waals surface area contributed by atoms with E-state index in [4.69, 9.17) is 11.6 Å². The topological polar surface area (TPSA) is 37.8 Å². The summed E-state index contributed by atoms with van der Waals surface area (Å²) in [6, 6.07) is 11.8. The van der Waals surface area contributed by atoms with Gasteiger partial charge in [-0.15, -0.1) is 0 Å². The fourth-order valence-electron chi connectivity index (χ4n) is 2.08. The molecule has 0 aliphatic carbocycles. The lowest BCUT2D eigenvalue weighted by atomic mass is 10.2. The molecule has 4 heteroatoms. The predicted molar refractivity (Wildman–Crippen MR) is 83.1 cm³/mol. The number of nitrogens with one attached hydrogen (secondary N) is 1. The second-order valence-corrected chi connectivity index (χ2v) is 5.06. The number of hydrogen-bond donors (Lipinski definition) is 1. The molecule has 0 unspecified atom stereocenters. The maximum Gasteiger partial charge on any atom is 0.0948 e. The first-order chi connectivity index (χ1) is 9.74. The fraction of sp³-hybridized carbons (Fsp3) is 0.125. The molecule has 0 amide bonds. The van der Waals surface area contributed by atoms with Gasteiger partial charge in [0.15, 0.2) is 0 Å². The Kier molecular flexibility index (Phi) is 3.52. The van der Waals surface area contributed by atoms with Gasteiger partial charge in [-0.05, 0) is 42.8 Å². The third-order valence-corrected chi connectivity index (χ3v) is 3.50. The molecule has 0 fully saturated rings. The van der Waals surface area contributed by atoms with Crippen molar-refractivity contribution in [3.63, 3.8) is 0 Å². The van der Waals surface area contributed by atoms with Gasteiger partial charge in [0.25, 0.3) is 0 Å². The van der Waals surface area contributed by atoms with E-state index < -0.39 is 0 Å². The van der Waals surface area contributed by atoms with Gasteiger partial charge in [-0.1, -0.05) is 17.7 Å². The highest BCUT2D eigenvalue weighted by molar-refractivity contribution is 6.35. The molecule has 0 aliphatic rings. The normalized spacial score (nSPS) is 10.7. The summed E-state index contributed by atoms with van der Waals surface area (Å²) in [5.41, 5.74) is 4.02. The van der Waals surface area contributed by atoms with Gasteiger partial charge in [-0.25, -0.2) is 0 Å². The maximum atomic E-state index is 6.19. The lowest BCUT2D eigenvalue weighted by Crippen LogP contribution is -2.01. The van der Waals surface area contributed by atoms with Crippen LogP contribution >= 0.6 is 11.6 Å². The Labute approximate surface area is 122 Å². The van der Waals surface area contributed by atoms with Crippen molar-refractivity contribution in [3.05, 3.63) is 65.1 Å². The van der Waals surface area contributed by atoms with Crippen LogP contribution in [0.25, 0.3) is 10.9 Å². The van der Waals surface area contributed by atoms with Crippen molar-refractivity contribution in [1.29, 1.82) is 0 Å². The van der Waals surface area contributed by atoms with Crippen LogP contribution in [0.4, 0.5) is 5.69 Å². The van der Waals surface area contributed by atoms with Crippen LogP contribution in [0.15, 0.2) is 48.8 Å². The van der Waals surface area contributed by atoms with E-state index in [1.807, 2.05) is 43.5 Å². The minimum Gasteiger partial charge on any atom is -0.379 e. The average molecular weight is 284 g/mol. The summed E-state index contributed by atoms with van der Waals surface area (Å²) in [6.45, 7) is 2.69. The lowest BCUT2D eigenvalue weighted by molar-refractivity contribution is 1.09. The molecule has 0 radical (unpaired) electrons. The molecule has 0 saturated heterocycles. The Bertz CT molecular complexity index is 738. The summed E-state index contributed by atoms with van der Waals surface area (Å²) in [4.78, 5) is 8.70. The molecule has 3 nitrogen and oxygen atoms in total. The second kappa shape index (κ2) is 5.47. The summed E-state index contributed by atoms with van der Waals surface area (Å²) in [5, 5.41) is 5.07. The molecule has 0 atom stereocenters. The van der Waals surface area contributed by atoms with E-state index in [0.717, 1.165) is 32.9 Å². The number of aryl methyl sites for hydroxylation is 1. The number of benzene rings is 1. The molecule has 3 aromatic rings. The number of rotatable bonds is 3. The highest BCUT2D eigenvalue weighted by atomic mass is 35.5. The standard InChI is InChI=1S/C16H14ClN3/c1-11-4-5-12(9-19-11)10-20-15-7-6-14(17)13-3-2-8-18-16(13)15/h2-9,20H,10H2,1H3. The quantitative estimate of drug-likeness (QED) is 0.783. The zero-order chi connectivity index (χ0) is 13.9. The number of halogens is 1. The Morgan fingerprint density at radius 2 is 2.00 bits per heavy atom. The zero-order valence-electron chi connectivity index (χ0n) is 11.1. The summed E-state index contributed by atoms with van der Waals surface area (Å²) in [6.07, 6.45) is 3.66. The number of hydrogen-bond acceptors (Lipinski definition) is 3. The Morgan fingerprint density at radius 3 is 2.80 bits per heavy atom.